The number of amides is 1. The lowest BCUT2D eigenvalue weighted by Crippen LogP contribution is -2.38. The number of nitrogens with one attached hydrogen (secondary N) is 1. The van der Waals surface area contributed by atoms with Gasteiger partial charge in [0.05, 0.1) is 15.2 Å². The molecular weight excluding hydrogens is 372 g/mol. The summed E-state index contributed by atoms with van der Waals surface area (Å²) in [5, 5.41) is 4.10. The van der Waals surface area contributed by atoms with E-state index < -0.39 is 0 Å². The van der Waals surface area contributed by atoms with Crippen LogP contribution in [0.4, 0.5) is 11.7 Å². The van der Waals surface area contributed by atoms with E-state index in [4.69, 9.17) is 4.42 Å². The van der Waals surface area contributed by atoms with Crippen molar-refractivity contribution in [3.05, 3.63) is 47.5 Å². The van der Waals surface area contributed by atoms with E-state index in [-0.39, 0.29) is 11.8 Å². The number of rotatable bonds is 3. The van der Waals surface area contributed by atoms with Gasteiger partial charge in [-0.05, 0) is 50.1 Å². The molecule has 142 valence electrons. The van der Waals surface area contributed by atoms with Gasteiger partial charge >= 0.3 is 0 Å². The normalized spacial score (nSPS) is 15.4. The van der Waals surface area contributed by atoms with Crippen molar-refractivity contribution in [2.75, 3.05) is 23.3 Å². The van der Waals surface area contributed by atoms with Gasteiger partial charge in [-0.1, -0.05) is 12.1 Å². The molecule has 0 radical (unpaired) electrons. The first-order chi connectivity index (χ1) is 13.7. The first kappa shape index (κ1) is 17.2. The first-order valence-electron chi connectivity index (χ1n) is 9.44. The van der Waals surface area contributed by atoms with Crippen molar-refractivity contribution in [1.82, 2.24) is 9.97 Å². The lowest BCUT2D eigenvalue weighted by atomic mass is 9.96. The first-order valence-corrected chi connectivity index (χ1v) is 10.3. The second-order valence-electron chi connectivity index (χ2n) is 7.13. The SMILES string of the molecule is Cc1nc2ccc(NC(=O)C3CCN(c4nc5ccccc5o4)CC3)cc2s1. The van der Waals surface area contributed by atoms with Gasteiger partial charge in [-0.3, -0.25) is 4.79 Å². The molecular formula is C21H20N4O2S. The molecule has 0 aliphatic carbocycles. The smallest absolute Gasteiger partial charge is 0.298 e. The Labute approximate surface area is 166 Å². The molecule has 0 saturated carbocycles. The van der Waals surface area contributed by atoms with E-state index in [2.05, 4.69) is 20.2 Å². The Morgan fingerprint density at radius 2 is 1.96 bits per heavy atom. The highest BCUT2D eigenvalue weighted by Gasteiger charge is 2.27. The third kappa shape index (κ3) is 3.22. The minimum absolute atomic E-state index is 0.000442. The molecule has 2 aromatic carbocycles. The fourth-order valence-corrected chi connectivity index (χ4v) is 4.56. The standard InChI is InChI=1S/C21H20N4O2S/c1-13-22-17-7-6-15(12-19(17)28-13)23-20(26)14-8-10-25(11-9-14)21-24-16-4-2-3-5-18(16)27-21/h2-7,12,14H,8-11H2,1H3,(H,23,26). The second kappa shape index (κ2) is 6.91. The zero-order valence-corrected chi connectivity index (χ0v) is 16.3. The minimum atomic E-state index is -0.000442. The number of aromatic nitrogens is 2. The maximum Gasteiger partial charge on any atom is 0.298 e. The van der Waals surface area contributed by atoms with E-state index in [1.807, 2.05) is 49.4 Å². The van der Waals surface area contributed by atoms with Crippen molar-refractivity contribution in [2.24, 2.45) is 5.92 Å². The van der Waals surface area contributed by atoms with Gasteiger partial charge in [0.15, 0.2) is 5.58 Å². The predicted molar refractivity (Wildman–Crippen MR) is 112 cm³/mol. The predicted octanol–water partition coefficient (Wildman–Crippen LogP) is 4.60. The van der Waals surface area contributed by atoms with Crippen molar-refractivity contribution in [3.8, 4) is 0 Å². The number of oxazole rings is 1. The Kier molecular flexibility index (Phi) is 4.24. The quantitative estimate of drug-likeness (QED) is 0.552. The van der Waals surface area contributed by atoms with E-state index in [9.17, 15) is 4.79 Å². The summed E-state index contributed by atoms with van der Waals surface area (Å²) in [5.41, 5.74) is 3.48. The van der Waals surface area contributed by atoms with Crippen molar-refractivity contribution in [2.45, 2.75) is 19.8 Å². The number of aryl methyl sites for hydroxylation is 1. The molecule has 3 heterocycles. The minimum Gasteiger partial charge on any atom is -0.423 e. The summed E-state index contributed by atoms with van der Waals surface area (Å²) < 4.78 is 6.95. The lowest BCUT2D eigenvalue weighted by molar-refractivity contribution is -0.120. The van der Waals surface area contributed by atoms with Crippen LogP contribution in [0, 0.1) is 12.8 Å². The van der Waals surface area contributed by atoms with Gasteiger partial charge in [-0.2, -0.15) is 4.98 Å². The van der Waals surface area contributed by atoms with Crippen LogP contribution >= 0.6 is 11.3 Å². The van der Waals surface area contributed by atoms with Crippen LogP contribution in [0.5, 0.6) is 0 Å². The van der Waals surface area contributed by atoms with Crippen molar-refractivity contribution >= 4 is 50.3 Å². The molecule has 1 N–H and O–H groups in total. The van der Waals surface area contributed by atoms with Crippen LogP contribution in [0.25, 0.3) is 21.3 Å². The number of piperidine rings is 1. The number of thiazole rings is 1. The average molecular weight is 392 g/mol. The zero-order valence-electron chi connectivity index (χ0n) is 15.5. The van der Waals surface area contributed by atoms with Crippen molar-refractivity contribution in [3.63, 3.8) is 0 Å². The van der Waals surface area contributed by atoms with Crippen LogP contribution in [0.15, 0.2) is 46.9 Å². The summed E-state index contributed by atoms with van der Waals surface area (Å²) in [6.07, 6.45) is 1.57. The highest BCUT2D eigenvalue weighted by molar-refractivity contribution is 7.18. The van der Waals surface area contributed by atoms with Gasteiger partial charge in [0.25, 0.3) is 6.01 Å². The Hall–Kier alpha value is -2.93. The Balaban J connectivity index is 1.23. The summed E-state index contributed by atoms with van der Waals surface area (Å²) in [5.74, 6) is 0.0809. The summed E-state index contributed by atoms with van der Waals surface area (Å²) in [4.78, 5) is 23.9. The molecule has 0 spiro atoms. The largest absolute Gasteiger partial charge is 0.423 e. The second-order valence-corrected chi connectivity index (χ2v) is 8.36. The molecule has 4 aromatic rings. The van der Waals surface area contributed by atoms with Crippen LogP contribution < -0.4 is 10.2 Å². The van der Waals surface area contributed by atoms with Gasteiger partial charge in [0.1, 0.15) is 5.52 Å². The van der Waals surface area contributed by atoms with Crippen LogP contribution in [-0.2, 0) is 4.79 Å². The summed E-state index contributed by atoms with van der Waals surface area (Å²) >= 11 is 1.64. The third-order valence-electron chi connectivity index (χ3n) is 5.18. The van der Waals surface area contributed by atoms with Gasteiger partial charge < -0.3 is 14.6 Å². The number of carbonyl (C=O) groups is 1. The number of fused-ring (bicyclic) bond motifs is 2. The third-order valence-corrected chi connectivity index (χ3v) is 6.12. The monoisotopic (exact) mass is 392 g/mol. The van der Waals surface area contributed by atoms with Crippen LogP contribution in [0.1, 0.15) is 17.8 Å². The van der Waals surface area contributed by atoms with E-state index in [1.54, 1.807) is 11.3 Å². The van der Waals surface area contributed by atoms with Crippen molar-refractivity contribution < 1.29 is 9.21 Å². The lowest BCUT2D eigenvalue weighted by Gasteiger charge is -2.30. The van der Waals surface area contributed by atoms with E-state index in [1.165, 1.54) is 0 Å². The van der Waals surface area contributed by atoms with Gasteiger partial charge in [-0.25, -0.2) is 4.98 Å². The molecule has 2 aromatic heterocycles. The molecule has 1 aliphatic heterocycles. The molecule has 1 aliphatic rings. The van der Waals surface area contributed by atoms with Crippen molar-refractivity contribution in [1.29, 1.82) is 0 Å². The maximum atomic E-state index is 12.7. The number of anilines is 2. The summed E-state index contributed by atoms with van der Waals surface area (Å²) in [7, 11) is 0. The molecule has 0 unspecified atom stereocenters. The zero-order chi connectivity index (χ0) is 19.1. The number of hydrogen-bond acceptors (Lipinski definition) is 6. The fourth-order valence-electron chi connectivity index (χ4n) is 3.69. The number of benzene rings is 2. The topological polar surface area (TPSA) is 71.3 Å². The molecule has 28 heavy (non-hydrogen) atoms. The number of para-hydroxylation sites is 2. The number of nitrogens with zero attached hydrogens (tertiary/aromatic N) is 3. The van der Waals surface area contributed by atoms with Gasteiger partial charge in [0, 0.05) is 24.7 Å². The highest BCUT2D eigenvalue weighted by Crippen LogP contribution is 2.28. The van der Waals surface area contributed by atoms with Gasteiger partial charge in [-0.15, -0.1) is 11.3 Å². The molecule has 7 heteroatoms. The van der Waals surface area contributed by atoms with Crippen LogP contribution in [-0.4, -0.2) is 29.0 Å². The van der Waals surface area contributed by atoms with Gasteiger partial charge in [0.2, 0.25) is 5.91 Å². The molecule has 0 atom stereocenters. The molecule has 0 bridgehead atoms. The Morgan fingerprint density at radius 3 is 2.79 bits per heavy atom. The Morgan fingerprint density at radius 1 is 1.14 bits per heavy atom. The number of hydrogen-bond donors (Lipinski definition) is 1. The van der Waals surface area contributed by atoms with Crippen LogP contribution in [0.2, 0.25) is 0 Å². The summed E-state index contributed by atoms with van der Waals surface area (Å²) in [6, 6.07) is 14.3. The van der Waals surface area contributed by atoms with E-state index >= 15 is 0 Å². The maximum absolute atomic E-state index is 12.7. The molecule has 1 saturated heterocycles. The molecule has 6 nitrogen and oxygen atoms in total. The molecule has 1 fully saturated rings. The van der Waals surface area contributed by atoms with Crippen LogP contribution in [0.3, 0.4) is 0 Å². The Bertz CT molecular complexity index is 1120. The van der Waals surface area contributed by atoms with E-state index in [0.29, 0.717) is 6.01 Å². The average Bonchev–Trinajstić information content (AvgIpc) is 3.30. The summed E-state index contributed by atoms with van der Waals surface area (Å²) in [6.45, 7) is 3.52. The number of carbonyl (C=O) groups excluding carboxylic acids is 1. The highest BCUT2D eigenvalue weighted by atomic mass is 32.1. The fraction of sp³-hybridized carbons (Fsp3) is 0.286. The molecule has 1 amide bonds. The molecule has 5 rings (SSSR count). The van der Waals surface area contributed by atoms with E-state index in [0.717, 1.165) is 57.9 Å².